The molecule has 0 aliphatic carbocycles. The molecular weight excluding hydrogens is 244 g/mol. The summed E-state index contributed by atoms with van der Waals surface area (Å²) in [6, 6.07) is 6.28. The number of benzene rings is 1. The van der Waals surface area contributed by atoms with Gasteiger partial charge in [0, 0.05) is 23.7 Å². The van der Waals surface area contributed by atoms with Crippen molar-refractivity contribution in [3.05, 3.63) is 39.9 Å². The van der Waals surface area contributed by atoms with E-state index < -0.39 is 4.92 Å². The van der Waals surface area contributed by atoms with Gasteiger partial charge in [0.25, 0.3) is 5.69 Å². The predicted molar refractivity (Wildman–Crippen MR) is 72.3 cm³/mol. The molecule has 5 heteroatoms. The number of likely N-dealkylation sites (tertiary alicyclic amines) is 1. The molecule has 19 heavy (non-hydrogen) atoms. The molecule has 1 unspecified atom stereocenters. The molecule has 0 amide bonds. The highest BCUT2D eigenvalue weighted by molar-refractivity contribution is 5.97. The van der Waals surface area contributed by atoms with Crippen molar-refractivity contribution >= 4 is 11.5 Å². The molecule has 0 saturated carbocycles. The second-order valence-electron chi connectivity index (χ2n) is 5.04. The molecule has 0 bridgehead atoms. The number of nitrogens with zero attached hydrogens (tertiary/aromatic N) is 2. The van der Waals surface area contributed by atoms with Crippen LogP contribution in [0.1, 0.15) is 36.5 Å². The molecule has 0 aromatic heterocycles. The van der Waals surface area contributed by atoms with Gasteiger partial charge in [-0.25, -0.2) is 0 Å². The number of non-ortho nitro benzene ring substituents is 1. The lowest BCUT2D eigenvalue weighted by atomic mass is 10.0. The van der Waals surface area contributed by atoms with Gasteiger partial charge in [0.1, 0.15) is 0 Å². The Bertz CT molecular complexity index is 470. The zero-order valence-electron chi connectivity index (χ0n) is 11.0. The first-order chi connectivity index (χ1) is 9.08. The first-order valence-corrected chi connectivity index (χ1v) is 6.59. The van der Waals surface area contributed by atoms with Crippen LogP contribution in [0.3, 0.4) is 0 Å². The van der Waals surface area contributed by atoms with Crippen LogP contribution in [0.5, 0.6) is 0 Å². The fourth-order valence-electron chi connectivity index (χ4n) is 2.44. The lowest BCUT2D eigenvalue weighted by Gasteiger charge is -2.32. The minimum atomic E-state index is -0.457. The second-order valence-corrected chi connectivity index (χ2v) is 5.04. The lowest BCUT2D eigenvalue weighted by molar-refractivity contribution is -0.384. The predicted octanol–water partition coefficient (Wildman–Crippen LogP) is 2.65. The van der Waals surface area contributed by atoms with Crippen LogP contribution in [0.15, 0.2) is 24.3 Å². The number of carbonyl (C=O) groups excluding carboxylic acids is 1. The van der Waals surface area contributed by atoms with Gasteiger partial charge in [-0.05, 0) is 38.4 Å². The monoisotopic (exact) mass is 262 g/mol. The molecule has 1 aliphatic rings. The third-order valence-corrected chi connectivity index (χ3v) is 3.69. The van der Waals surface area contributed by atoms with Gasteiger partial charge in [0.15, 0.2) is 5.78 Å². The van der Waals surface area contributed by atoms with Crippen LogP contribution in [0, 0.1) is 10.1 Å². The average molecular weight is 262 g/mol. The summed E-state index contributed by atoms with van der Waals surface area (Å²) in [4.78, 5) is 24.4. The van der Waals surface area contributed by atoms with Crippen molar-refractivity contribution in [1.82, 2.24) is 4.90 Å². The Kier molecular flexibility index (Phi) is 4.27. The summed E-state index contributed by atoms with van der Waals surface area (Å²) in [5.74, 6) is 0.0312. The molecule has 0 N–H and O–H groups in total. The molecule has 102 valence electrons. The Labute approximate surface area is 112 Å². The molecule has 1 aromatic carbocycles. The van der Waals surface area contributed by atoms with E-state index in [0.29, 0.717) is 18.2 Å². The van der Waals surface area contributed by atoms with Gasteiger partial charge in [-0.15, -0.1) is 0 Å². The Balaban J connectivity index is 2.01. The lowest BCUT2D eigenvalue weighted by Crippen LogP contribution is -2.40. The van der Waals surface area contributed by atoms with E-state index in [4.69, 9.17) is 0 Å². The molecule has 1 fully saturated rings. The van der Waals surface area contributed by atoms with E-state index in [1.165, 1.54) is 30.7 Å². The fraction of sp³-hybridized carbons (Fsp3) is 0.500. The van der Waals surface area contributed by atoms with Crippen LogP contribution < -0.4 is 0 Å². The Morgan fingerprint density at radius 3 is 2.63 bits per heavy atom. The van der Waals surface area contributed by atoms with E-state index in [0.717, 1.165) is 19.4 Å². The number of hydrogen-bond acceptors (Lipinski definition) is 4. The van der Waals surface area contributed by atoms with Crippen molar-refractivity contribution in [3.63, 3.8) is 0 Å². The Hall–Kier alpha value is -1.75. The SMILES string of the molecule is CC1CCCCN1CC(=O)c1ccc([N+](=O)[O-])cc1. The number of ketones is 1. The summed E-state index contributed by atoms with van der Waals surface area (Å²) < 4.78 is 0. The van der Waals surface area contributed by atoms with E-state index in [1.54, 1.807) is 0 Å². The smallest absolute Gasteiger partial charge is 0.269 e. The quantitative estimate of drug-likeness (QED) is 0.475. The largest absolute Gasteiger partial charge is 0.293 e. The molecule has 5 nitrogen and oxygen atoms in total. The number of piperidine rings is 1. The zero-order valence-corrected chi connectivity index (χ0v) is 11.0. The van der Waals surface area contributed by atoms with Gasteiger partial charge in [0.05, 0.1) is 11.5 Å². The first kappa shape index (κ1) is 13.7. The maximum atomic E-state index is 12.1. The summed E-state index contributed by atoms with van der Waals surface area (Å²) in [7, 11) is 0. The zero-order chi connectivity index (χ0) is 13.8. The third-order valence-electron chi connectivity index (χ3n) is 3.69. The third kappa shape index (κ3) is 3.38. The number of carbonyl (C=O) groups is 1. The average Bonchev–Trinajstić information content (AvgIpc) is 2.41. The molecule has 2 rings (SSSR count). The van der Waals surface area contributed by atoms with Crippen molar-refractivity contribution in [2.45, 2.75) is 32.2 Å². The van der Waals surface area contributed by atoms with Crippen molar-refractivity contribution < 1.29 is 9.72 Å². The number of nitro benzene ring substituents is 1. The molecule has 0 radical (unpaired) electrons. The molecule has 1 saturated heterocycles. The highest BCUT2D eigenvalue weighted by atomic mass is 16.6. The van der Waals surface area contributed by atoms with Crippen LogP contribution in [0.4, 0.5) is 5.69 Å². The minimum Gasteiger partial charge on any atom is -0.293 e. The van der Waals surface area contributed by atoms with E-state index >= 15 is 0 Å². The Morgan fingerprint density at radius 2 is 2.05 bits per heavy atom. The van der Waals surface area contributed by atoms with Gasteiger partial charge in [-0.3, -0.25) is 19.8 Å². The van der Waals surface area contributed by atoms with Crippen LogP contribution in [0.2, 0.25) is 0 Å². The van der Waals surface area contributed by atoms with Crippen LogP contribution >= 0.6 is 0 Å². The standard InChI is InChI=1S/C14H18N2O3/c1-11-4-2-3-9-15(11)10-14(17)12-5-7-13(8-6-12)16(18)19/h5-8,11H,2-4,9-10H2,1H3. The van der Waals surface area contributed by atoms with Crippen molar-refractivity contribution in [1.29, 1.82) is 0 Å². The highest BCUT2D eigenvalue weighted by Crippen LogP contribution is 2.18. The molecule has 0 spiro atoms. The summed E-state index contributed by atoms with van der Waals surface area (Å²) in [5, 5.41) is 10.6. The van der Waals surface area contributed by atoms with Crippen molar-refractivity contribution in [2.24, 2.45) is 0 Å². The Morgan fingerprint density at radius 1 is 1.37 bits per heavy atom. The van der Waals surface area contributed by atoms with Gasteiger partial charge in [-0.2, -0.15) is 0 Å². The summed E-state index contributed by atoms with van der Waals surface area (Å²) in [6.45, 7) is 3.50. The normalized spacial score (nSPS) is 20.2. The second kappa shape index (κ2) is 5.93. The topological polar surface area (TPSA) is 63.5 Å². The molecule has 1 heterocycles. The summed E-state index contributed by atoms with van der Waals surface area (Å²) in [5.41, 5.74) is 0.561. The summed E-state index contributed by atoms with van der Waals surface area (Å²) in [6.07, 6.45) is 3.49. The number of Topliss-reactive ketones (excluding diaryl/α,β-unsaturated/α-hetero) is 1. The maximum Gasteiger partial charge on any atom is 0.269 e. The van der Waals surface area contributed by atoms with Crippen molar-refractivity contribution in [3.8, 4) is 0 Å². The highest BCUT2D eigenvalue weighted by Gasteiger charge is 2.21. The molecule has 1 atom stereocenters. The molecular formula is C14H18N2O3. The molecule has 1 aliphatic heterocycles. The number of nitro groups is 1. The van der Waals surface area contributed by atoms with E-state index in [2.05, 4.69) is 11.8 Å². The minimum absolute atomic E-state index is 0.0166. The maximum absolute atomic E-state index is 12.1. The van der Waals surface area contributed by atoms with Crippen LogP contribution in [-0.4, -0.2) is 34.7 Å². The number of rotatable bonds is 4. The molecule has 1 aromatic rings. The van der Waals surface area contributed by atoms with Gasteiger partial charge in [0.2, 0.25) is 0 Å². The number of hydrogen-bond donors (Lipinski definition) is 0. The van der Waals surface area contributed by atoms with Gasteiger partial charge in [-0.1, -0.05) is 6.42 Å². The van der Waals surface area contributed by atoms with Crippen LogP contribution in [0.25, 0.3) is 0 Å². The van der Waals surface area contributed by atoms with Gasteiger partial charge >= 0.3 is 0 Å². The van der Waals surface area contributed by atoms with E-state index in [9.17, 15) is 14.9 Å². The summed E-state index contributed by atoms with van der Waals surface area (Å²) >= 11 is 0. The van der Waals surface area contributed by atoms with E-state index in [-0.39, 0.29) is 11.5 Å². The van der Waals surface area contributed by atoms with Crippen molar-refractivity contribution in [2.75, 3.05) is 13.1 Å². The van der Waals surface area contributed by atoms with Gasteiger partial charge < -0.3 is 0 Å². The first-order valence-electron chi connectivity index (χ1n) is 6.59. The van der Waals surface area contributed by atoms with Crippen LogP contribution in [-0.2, 0) is 0 Å². The van der Waals surface area contributed by atoms with E-state index in [1.807, 2.05) is 0 Å². The fourth-order valence-corrected chi connectivity index (χ4v) is 2.44.